The zero-order valence-corrected chi connectivity index (χ0v) is 16.7. The monoisotopic (exact) mass is 391 g/mol. The van der Waals surface area contributed by atoms with Crippen LogP contribution in [0.3, 0.4) is 0 Å². The van der Waals surface area contributed by atoms with E-state index in [1.807, 2.05) is 0 Å². The highest BCUT2D eigenvalue weighted by Crippen LogP contribution is 2.31. The first-order valence-corrected chi connectivity index (χ1v) is 9.77. The van der Waals surface area contributed by atoms with Crippen LogP contribution in [0.5, 0.6) is 5.75 Å². The number of alkyl halides is 3. The van der Waals surface area contributed by atoms with Gasteiger partial charge >= 0.3 is 6.18 Å². The number of piperidine rings is 1. The van der Waals surface area contributed by atoms with Crippen molar-refractivity contribution in [2.45, 2.75) is 57.9 Å². The van der Waals surface area contributed by atoms with Gasteiger partial charge in [0.15, 0.2) is 0 Å². The molecule has 0 unspecified atom stereocenters. The maximum Gasteiger partial charge on any atom is 0.416 e. The number of ether oxygens (including phenoxy) is 1. The second-order valence-electron chi connectivity index (χ2n) is 8.56. The number of nitrogens with zero attached hydrogens (tertiary/aromatic N) is 1. The zero-order chi connectivity index (χ0) is 20.4. The SMILES string of the molecule is CC(C)(C)c1ccc(CN2CCC(Oc3ccc(C(F)(F)F)cc3)CC2)cc1. The van der Waals surface area contributed by atoms with E-state index in [2.05, 4.69) is 49.9 Å². The molecule has 1 fully saturated rings. The maximum absolute atomic E-state index is 12.6. The van der Waals surface area contributed by atoms with E-state index in [1.54, 1.807) is 0 Å². The molecule has 5 heteroatoms. The molecule has 0 spiro atoms. The number of rotatable bonds is 4. The van der Waals surface area contributed by atoms with Crippen LogP contribution in [-0.2, 0) is 18.1 Å². The largest absolute Gasteiger partial charge is 0.490 e. The fourth-order valence-corrected chi connectivity index (χ4v) is 3.47. The molecule has 2 aromatic carbocycles. The summed E-state index contributed by atoms with van der Waals surface area (Å²) in [6.07, 6.45) is -2.51. The lowest BCUT2D eigenvalue weighted by Crippen LogP contribution is -2.37. The Kier molecular flexibility index (Phi) is 6.04. The van der Waals surface area contributed by atoms with Crippen LogP contribution in [0, 0.1) is 0 Å². The zero-order valence-electron chi connectivity index (χ0n) is 16.7. The maximum atomic E-state index is 12.6. The van der Waals surface area contributed by atoms with Gasteiger partial charge in [-0.05, 0) is 53.6 Å². The molecule has 0 radical (unpaired) electrons. The molecule has 1 aliphatic heterocycles. The summed E-state index contributed by atoms with van der Waals surface area (Å²) in [6, 6.07) is 13.8. The van der Waals surface area contributed by atoms with Crippen molar-refractivity contribution >= 4 is 0 Å². The average molecular weight is 391 g/mol. The molecule has 0 aliphatic carbocycles. The minimum absolute atomic E-state index is 0.0521. The number of benzene rings is 2. The Balaban J connectivity index is 1.48. The predicted octanol–water partition coefficient (Wildman–Crippen LogP) is 6.05. The van der Waals surface area contributed by atoms with Crippen molar-refractivity contribution in [2.75, 3.05) is 13.1 Å². The Morgan fingerprint density at radius 1 is 0.857 bits per heavy atom. The Morgan fingerprint density at radius 2 is 1.39 bits per heavy atom. The van der Waals surface area contributed by atoms with Crippen molar-refractivity contribution in [3.05, 3.63) is 65.2 Å². The van der Waals surface area contributed by atoms with Crippen LogP contribution < -0.4 is 4.74 Å². The molecular formula is C23H28F3NO. The summed E-state index contributed by atoms with van der Waals surface area (Å²) in [7, 11) is 0. The average Bonchev–Trinajstić information content (AvgIpc) is 2.63. The van der Waals surface area contributed by atoms with E-state index in [0.717, 1.165) is 44.6 Å². The van der Waals surface area contributed by atoms with E-state index < -0.39 is 11.7 Å². The highest BCUT2D eigenvalue weighted by molar-refractivity contribution is 5.29. The van der Waals surface area contributed by atoms with Crippen LogP contribution in [0.25, 0.3) is 0 Å². The Hall–Kier alpha value is -2.01. The lowest BCUT2D eigenvalue weighted by atomic mass is 9.86. The van der Waals surface area contributed by atoms with Crippen molar-refractivity contribution < 1.29 is 17.9 Å². The molecule has 0 N–H and O–H groups in total. The minimum atomic E-state index is -4.31. The molecule has 3 rings (SSSR count). The number of halogens is 3. The van der Waals surface area contributed by atoms with E-state index in [4.69, 9.17) is 4.74 Å². The van der Waals surface area contributed by atoms with Crippen LogP contribution in [0.2, 0.25) is 0 Å². The smallest absolute Gasteiger partial charge is 0.416 e. The van der Waals surface area contributed by atoms with Gasteiger partial charge in [-0.3, -0.25) is 4.90 Å². The van der Waals surface area contributed by atoms with Crippen LogP contribution in [0.15, 0.2) is 48.5 Å². The van der Waals surface area contributed by atoms with E-state index in [0.29, 0.717) is 5.75 Å². The molecule has 1 heterocycles. The van der Waals surface area contributed by atoms with Crippen LogP contribution in [0.4, 0.5) is 13.2 Å². The van der Waals surface area contributed by atoms with Crippen molar-refractivity contribution in [3.63, 3.8) is 0 Å². The number of likely N-dealkylation sites (tertiary alicyclic amines) is 1. The summed E-state index contributed by atoms with van der Waals surface area (Å²) in [6.45, 7) is 9.40. The molecule has 28 heavy (non-hydrogen) atoms. The number of hydrogen-bond donors (Lipinski definition) is 0. The molecular weight excluding hydrogens is 363 g/mol. The van der Waals surface area contributed by atoms with Gasteiger partial charge in [-0.25, -0.2) is 0 Å². The summed E-state index contributed by atoms with van der Waals surface area (Å²) < 4.78 is 43.8. The Bertz CT molecular complexity index is 685. The first kappa shape index (κ1) is 20.7. The quantitative estimate of drug-likeness (QED) is 0.629. The van der Waals surface area contributed by atoms with E-state index in [-0.39, 0.29) is 11.5 Å². The first-order valence-electron chi connectivity index (χ1n) is 9.77. The molecule has 0 atom stereocenters. The summed E-state index contributed by atoms with van der Waals surface area (Å²) in [5.74, 6) is 0.504. The summed E-state index contributed by atoms with van der Waals surface area (Å²) in [5, 5.41) is 0. The normalized spacial score (nSPS) is 16.9. The second-order valence-corrected chi connectivity index (χ2v) is 8.56. The van der Waals surface area contributed by atoms with Gasteiger partial charge < -0.3 is 4.74 Å². The Labute approximate surface area is 165 Å². The summed E-state index contributed by atoms with van der Waals surface area (Å²) in [4.78, 5) is 2.40. The van der Waals surface area contributed by atoms with E-state index >= 15 is 0 Å². The molecule has 2 nitrogen and oxygen atoms in total. The second kappa shape index (κ2) is 8.16. The summed E-state index contributed by atoms with van der Waals surface area (Å²) >= 11 is 0. The van der Waals surface area contributed by atoms with Gasteiger partial charge in [0, 0.05) is 19.6 Å². The molecule has 1 aliphatic rings. The van der Waals surface area contributed by atoms with Gasteiger partial charge in [0.1, 0.15) is 11.9 Å². The Morgan fingerprint density at radius 3 is 1.89 bits per heavy atom. The molecule has 152 valence electrons. The van der Waals surface area contributed by atoms with Gasteiger partial charge in [-0.15, -0.1) is 0 Å². The fraction of sp³-hybridized carbons (Fsp3) is 0.478. The standard InChI is InChI=1S/C23H28F3NO/c1-22(2,3)18-6-4-17(5-7-18)16-27-14-12-21(13-15-27)28-20-10-8-19(9-11-20)23(24,25)26/h4-11,21H,12-16H2,1-3H3. The highest BCUT2D eigenvalue weighted by atomic mass is 19.4. The van der Waals surface area contributed by atoms with Gasteiger partial charge in [0.25, 0.3) is 0 Å². The summed E-state index contributed by atoms with van der Waals surface area (Å²) in [5.41, 5.74) is 2.15. The first-order chi connectivity index (χ1) is 13.1. The third-order valence-corrected chi connectivity index (χ3v) is 5.25. The molecule has 0 bridgehead atoms. The van der Waals surface area contributed by atoms with Crippen LogP contribution in [0.1, 0.15) is 50.3 Å². The van der Waals surface area contributed by atoms with Gasteiger partial charge in [-0.1, -0.05) is 45.0 Å². The fourth-order valence-electron chi connectivity index (χ4n) is 3.47. The van der Waals surface area contributed by atoms with E-state index in [1.165, 1.54) is 23.3 Å². The topological polar surface area (TPSA) is 12.5 Å². The third kappa shape index (κ3) is 5.51. The molecule has 0 aromatic heterocycles. The lowest BCUT2D eigenvalue weighted by molar-refractivity contribution is -0.137. The van der Waals surface area contributed by atoms with Gasteiger partial charge in [-0.2, -0.15) is 13.2 Å². The van der Waals surface area contributed by atoms with Crippen molar-refractivity contribution in [1.82, 2.24) is 4.90 Å². The highest BCUT2D eigenvalue weighted by Gasteiger charge is 2.30. The number of hydrogen-bond acceptors (Lipinski definition) is 2. The van der Waals surface area contributed by atoms with Crippen LogP contribution in [-0.4, -0.2) is 24.1 Å². The van der Waals surface area contributed by atoms with E-state index in [9.17, 15) is 13.2 Å². The molecule has 2 aromatic rings. The third-order valence-electron chi connectivity index (χ3n) is 5.25. The van der Waals surface area contributed by atoms with Crippen molar-refractivity contribution in [2.24, 2.45) is 0 Å². The molecule has 1 saturated heterocycles. The minimum Gasteiger partial charge on any atom is -0.490 e. The van der Waals surface area contributed by atoms with Gasteiger partial charge in [0.2, 0.25) is 0 Å². The van der Waals surface area contributed by atoms with Gasteiger partial charge in [0.05, 0.1) is 5.56 Å². The molecule has 0 saturated carbocycles. The molecule has 0 amide bonds. The van der Waals surface area contributed by atoms with Crippen molar-refractivity contribution in [1.29, 1.82) is 0 Å². The predicted molar refractivity (Wildman–Crippen MR) is 106 cm³/mol. The van der Waals surface area contributed by atoms with Crippen LogP contribution >= 0.6 is 0 Å². The van der Waals surface area contributed by atoms with Crippen molar-refractivity contribution in [3.8, 4) is 5.75 Å². The lowest BCUT2D eigenvalue weighted by Gasteiger charge is -2.32.